The number of sulfonamides is 1. The van der Waals surface area contributed by atoms with Crippen LogP contribution in [-0.4, -0.2) is 45.2 Å². The summed E-state index contributed by atoms with van der Waals surface area (Å²) >= 11 is 0. The first-order chi connectivity index (χ1) is 9.91. The van der Waals surface area contributed by atoms with Crippen LogP contribution >= 0.6 is 0 Å². The van der Waals surface area contributed by atoms with Crippen LogP contribution in [0.3, 0.4) is 0 Å². The highest BCUT2D eigenvalue weighted by molar-refractivity contribution is 7.89. The van der Waals surface area contributed by atoms with Crippen LogP contribution in [0, 0.1) is 0 Å². The van der Waals surface area contributed by atoms with Gasteiger partial charge in [-0.05, 0) is 37.6 Å². The lowest BCUT2D eigenvalue weighted by Crippen LogP contribution is -2.40. The molecule has 0 fully saturated rings. The smallest absolute Gasteiger partial charge is 0.218 e. The molecular weight excluding hydrogens is 288 g/mol. The van der Waals surface area contributed by atoms with E-state index in [0.717, 1.165) is 24.3 Å². The third kappa shape index (κ3) is 5.30. The van der Waals surface area contributed by atoms with Crippen LogP contribution < -0.4 is 10.1 Å². The molecule has 0 bridgehead atoms. The van der Waals surface area contributed by atoms with Gasteiger partial charge in [-0.1, -0.05) is 19.1 Å². The third-order valence-corrected chi connectivity index (χ3v) is 5.52. The Morgan fingerprint density at radius 2 is 2.10 bits per heavy atom. The summed E-state index contributed by atoms with van der Waals surface area (Å²) in [6.45, 7) is 5.44. The van der Waals surface area contributed by atoms with Gasteiger partial charge in [0, 0.05) is 20.1 Å². The van der Waals surface area contributed by atoms with Gasteiger partial charge in [0.1, 0.15) is 5.75 Å². The second kappa shape index (κ2) is 8.36. The average molecular weight is 314 g/mol. The van der Waals surface area contributed by atoms with E-state index < -0.39 is 15.3 Å². The lowest BCUT2D eigenvalue weighted by molar-refractivity contribution is 0.412. The maximum absolute atomic E-state index is 12.4. The molecular formula is C15H26N2O3S. The van der Waals surface area contributed by atoms with Crippen molar-refractivity contribution in [3.05, 3.63) is 29.8 Å². The van der Waals surface area contributed by atoms with Gasteiger partial charge in [0.25, 0.3) is 0 Å². The minimum absolute atomic E-state index is 0.345. The van der Waals surface area contributed by atoms with Gasteiger partial charge < -0.3 is 10.1 Å². The molecule has 1 atom stereocenters. The van der Waals surface area contributed by atoms with Crippen molar-refractivity contribution < 1.29 is 13.2 Å². The summed E-state index contributed by atoms with van der Waals surface area (Å²) < 4.78 is 31.4. The van der Waals surface area contributed by atoms with E-state index in [1.54, 1.807) is 21.1 Å². The standard InChI is InChI=1S/C15H26N2O3S/c1-5-9-16-11-13(2)21(18,19)17(3)12-14-7-6-8-15(10-14)20-4/h6-8,10,13,16H,5,9,11-12H2,1-4H3. The summed E-state index contributed by atoms with van der Waals surface area (Å²) in [7, 11) is -0.0927. The Kier molecular flexibility index (Phi) is 7.14. The quantitative estimate of drug-likeness (QED) is 0.707. The molecule has 21 heavy (non-hydrogen) atoms. The monoisotopic (exact) mass is 314 g/mol. The number of benzene rings is 1. The molecule has 1 rings (SSSR count). The van der Waals surface area contributed by atoms with Gasteiger partial charge in [-0.2, -0.15) is 0 Å². The first-order valence-electron chi connectivity index (χ1n) is 7.20. The number of hydrogen-bond acceptors (Lipinski definition) is 4. The molecule has 0 heterocycles. The van der Waals surface area contributed by atoms with Crippen molar-refractivity contribution in [2.24, 2.45) is 0 Å². The molecule has 0 aliphatic rings. The predicted octanol–water partition coefficient (Wildman–Crippen LogP) is 1.84. The van der Waals surface area contributed by atoms with Crippen molar-refractivity contribution in [3.63, 3.8) is 0 Å². The van der Waals surface area contributed by atoms with Gasteiger partial charge in [0.2, 0.25) is 10.0 Å². The Balaban J connectivity index is 2.69. The molecule has 0 aliphatic heterocycles. The highest BCUT2D eigenvalue weighted by atomic mass is 32.2. The summed E-state index contributed by atoms with van der Waals surface area (Å²) in [5.41, 5.74) is 0.911. The van der Waals surface area contributed by atoms with Gasteiger partial charge in [-0.15, -0.1) is 0 Å². The maximum Gasteiger partial charge on any atom is 0.218 e. The normalized spacial score (nSPS) is 13.4. The second-order valence-corrected chi connectivity index (χ2v) is 7.63. The fourth-order valence-corrected chi connectivity index (χ4v) is 3.28. The number of ether oxygens (including phenoxy) is 1. The molecule has 0 amide bonds. The second-order valence-electron chi connectivity index (χ2n) is 5.17. The molecule has 1 aromatic carbocycles. The van der Waals surface area contributed by atoms with Crippen molar-refractivity contribution in [3.8, 4) is 5.75 Å². The number of nitrogens with one attached hydrogen (secondary N) is 1. The molecule has 0 saturated heterocycles. The minimum atomic E-state index is -3.31. The Morgan fingerprint density at radius 1 is 1.38 bits per heavy atom. The van der Waals surface area contributed by atoms with E-state index >= 15 is 0 Å². The van der Waals surface area contributed by atoms with Crippen LogP contribution in [0.2, 0.25) is 0 Å². The fourth-order valence-electron chi connectivity index (χ4n) is 2.01. The SMILES string of the molecule is CCCNCC(C)S(=O)(=O)N(C)Cc1cccc(OC)c1. The number of hydrogen-bond donors (Lipinski definition) is 1. The number of nitrogens with zero attached hydrogens (tertiary/aromatic N) is 1. The molecule has 0 aromatic heterocycles. The van der Waals surface area contributed by atoms with Crippen LogP contribution in [0.1, 0.15) is 25.8 Å². The zero-order valence-corrected chi connectivity index (χ0v) is 14.1. The van der Waals surface area contributed by atoms with E-state index in [2.05, 4.69) is 12.2 Å². The van der Waals surface area contributed by atoms with Crippen LogP contribution in [0.4, 0.5) is 0 Å². The van der Waals surface area contributed by atoms with Gasteiger partial charge in [-0.3, -0.25) is 0 Å². The highest BCUT2D eigenvalue weighted by Gasteiger charge is 2.25. The summed E-state index contributed by atoms with van der Waals surface area (Å²) in [6.07, 6.45) is 0.992. The Bertz CT molecular complexity index is 531. The Labute approximate surface area is 128 Å². The van der Waals surface area contributed by atoms with Crippen LogP contribution in [0.15, 0.2) is 24.3 Å². The predicted molar refractivity (Wildman–Crippen MR) is 86.0 cm³/mol. The lowest BCUT2D eigenvalue weighted by Gasteiger charge is -2.22. The van der Waals surface area contributed by atoms with Gasteiger partial charge in [0.05, 0.1) is 12.4 Å². The van der Waals surface area contributed by atoms with E-state index in [0.29, 0.717) is 13.1 Å². The van der Waals surface area contributed by atoms with Crippen molar-refractivity contribution in [1.29, 1.82) is 0 Å². The minimum Gasteiger partial charge on any atom is -0.497 e. The third-order valence-electron chi connectivity index (χ3n) is 3.34. The molecule has 0 aliphatic carbocycles. The molecule has 0 spiro atoms. The number of rotatable bonds is 9. The maximum atomic E-state index is 12.4. The first kappa shape index (κ1) is 17.9. The average Bonchev–Trinajstić information content (AvgIpc) is 2.47. The van der Waals surface area contributed by atoms with Crippen molar-refractivity contribution >= 4 is 10.0 Å². The zero-order chi connectivity index (χ0) is 15.9. The molecule has 5 nitrogen and oxygen atoms in total. The fraction of sp³-hybridized carbons (Fsp3) is 0.600. The topological polar surface area (TPSA) is 58.6 Å². The largest absolute Gasteiger partial charge is 0.497 e. The zero-order valence-electron chi connectivity index (χ0n) is 13.3. The number of methoxy groups -OCH3 is 1. The van der Waals surface area contributed by atoms with Gasteiger partial charge >= 0.3 is 0 Å². The van der Waals surface area contributed by atoms with Gasteiger partial charge in [0.15, 0.2) is 0 Å². The van der Waals surface area contributed by atoms with E-state index in [1.807, 2.05) is 24.3 Å². The molecule has 0 saturated carbocycles. The summed E-state index contributed by atoms with van der Waals surface area (Å²) in [5, 5.41) is 2.71. The molecule has 120 valence electrons. The van der Waals surface area contributed by atoms with E-state index in [1.165, 1.54) is 4.31 Å². The van der Waals surface area contributed by atoms with Crippen molar-refractivity contribution in [2.45, 2.75) is 32.1 Å². The molecule has 0 radical (unpaired) electrons. The molecule has 6 heteroatoms. The lowest BCUT2D eigenvalue weighted by atomic mass is 10.2. The molecule has 1 N–H and O–H groups in total. The van der Waals surface area contributed by atoms with E-state index in [-0.39, 0.29) is 0 Å². The molecule has 1 aromatic rings. The summed E-state index contributed by atoms with van der Waals surface area (Å²) in [6, 6.07) is 7.46. The van der Waals surface area contributed by atoms with Gasteiger partial charge in [-0.25, -0.2) is 12.7 Å². The Hall–Kier alpha value is -1.11. The van der Waals surface area contributed by atoms with Crippen LogP contribution in [0.25, 0.3) is 0 Å². The highest BCUT2D eigenvalue weighted by Crippen LogP contribution is 2.16. The van der Waals surface area contributed by atoms with Crippen LogP contribution in [0.5, 0.6) is 5.75 Å². The van der Waals surface area contributed by atoms with Crippen molar-refractivity contribution in [2.75, 3.05) is 27.2 Å². The van der Waals surface area contributed by atoms with E-state index in [4.69, 9.17) is 4.74 Å². The van der Waals surface area contributed by atoms with Crippen LogP contribution in [-0.2, 0) is 16.6 Å². The Morgan fingerprint density at radius 3 is 2.71 bits per heavy atom. The van der Waals surface area contributed by atoms with Crippen molar-refractivity contribution in [1.82, 2.24) is 9.62 Å². The van der Waals surface area contributed by atoms with E-state index in [9.17, 15) is 8.42 Å². The summed E-state index contributed by atoms with van der Waals surface area (Å²) in [4.78, 5) is 0. The first-order valence-corrected chi connectivity index (χ1v) is 8.71. The summed E-state index contributed by atoms with van der Waals surface area (Å²) in [5.74, 6) is 0.732. The molecule has 1 unspecified atom stereocenters.